The molecule has 0 amide bonds. The third kappa shape index (κ3) is 4.15. The average molecular weight is 325 g/mol. The van der Waals surface area contributed by atoms with Crippen molar-refractivity contribution in [2.75, 3.05) is 0 Å². The van der Waals surface area contributed by atoms with Crippen LogP contribution in [0.3, 0.4) is 0 Å². The summed E-state index contributed by atoms with van der Waals surface area (Å²) >= 11 is 0. The molecule has 3 rings (SSSR count). The van der Waals surface area contributed by atoms with Crippen LogP contribution in [0.1, 0.15) is 12.7 Å². The van der Waals surface area contributed by atoms with Crippen LogP contribution in [-0.4, -0.2) is 15.0 Å². The van der Waals surface area contributed by atoms with Crippen LogP contribution in [0.4, 0.5) is 0 Å². The molecule has 0 aliphatic rings. The molecule has 0 spiro atoms. The number of hydrogen-bond acceptors (Lipinski definition) is 3. The highest BCUT2D eigenvalue weighted by molar-refractivity contribution is 5.66. The number of nitrogens with zero attached hydrogens (tertiary/aromatic N) is 3. The van der Waals surface area contributed by atoms with E-state index >= 15 is 0 Å². The maximum atomic E-state index is 4.67. The lowest BCUT2D eigenvalue weighted by molar-refractivity contribution is 1.03. The molecule has 0 fully saturated rings. The summed E-state index contributed by atoms with van der Waals surface area (Å²) in [4.78, 5) is 14.0. The lowest BCUT2D eigenvalue weighted by atomic mass is 10.1. The molecule has 0 saturated carbocycles. The SMILES string of the molecule is C=C/C=C\C=C(/C)c1nc(-c2ccccc2)nc(-c2ccccc2)n1. The third-order valence-electron chi connectivity index (χ3n) is 3.65. The van der Waals surface area contributed by atoms with Crippen LogP contribution in [0.15, 0.2) is 91.5 Å². The molecule has 1 heterocycles. The summed E-state index contributed by atoms with van der Waals surface area (Å²) < 4.78 is 0. The first-order chi connectivity index (χ1) is 12.3. The van der Waals surface area contributed by atoms with Gasteiger partial charge < -0.3 is 0 Å². The highest BCUT2D eigenvalue weighted by atomic mass is 15.0. The van der Waals surface area contributed by atoms with Gasteiger partial charge in [0.05, 0.1) is 0 Å². The van der Waals surface area contributed by atoms with E-state index in [1.165, 1.54) is 0 Å². The second-order valence-electron chi connectivity index (χ2n) is 5.51. The monoisotopic (exact) mass is 325 g/mol. The predicted molar refractivity (Wildman–Crippen MR) is 104 cm³/mol. The predicted octanol–water partition coefficient (Wildman–Crippen LogP) is 5.35. The number of aromatic nitrogens is 3. The fourth-order valence-corrected chi connectivity index (χ4v) is 2.34. The standard InChI is InChI=1S/C22H19N3/c1-3-4-7-12-17(2)20-23-21(18-13-8-5-9-14-18)25-22(24-20)19-15-10-6-11-16-19/h3-16H,1H2,2H3/b7-4-,17-12+. The Morgan fingerprint density at radius 2 is 1.28 bits per heavy atom. The molecular formula is C22H19N3. The van der Waals surface area contributed by atoms with E-state index in [1.54, 1.807) is 6.08 Å². The minimum absolute atomic E-state index is 0.668. The van der Waals surface area contributed by atoms with Gasteiger partial charge >= 0.3 is 0 Å². The molecule has 0 aliphatic heterocycles. The molecule has 0 aliphatic carbocycles. The Balaban J connectivity index is 2.13. The Hall–Kier alpha value is -3.33. The maximum Gasteiger partial charge on any atom is 0.164 e. The Morgan fingerprint density at radius 3 is 1.76 bits per heavy atom. The van der Waals surface area contributed by atoms with Gasteiger partial charge in [0.2, 0.25) is 0 Å². The van der Waals surface area contributed by atoms with Gasteiger partial charge in [0.1, 0.15) is 0 Å². The Kier molecular flexibility index (Phi) is 5.27. The van der Waals surface area contributed by atoms with E-state index in [4.69, 9.17) is 0 Å². The van der Waals surface area contributed by atoms with E-state index in [9.17, 15) is 0 Å². The molecule has 0 unspecified atom stereocenters. The molecule has 3 aromatic rings. The van der Waals surface area contributed by atoms with Crippen molar-refractivity contribution in [2.45, 2.75) is 6.92 Å². The van der Waals surface area contributed by atoms with Crippen molar-refractivity contribution >= 4 is 5.57 Å². The summed E-state index contributed by atoms with van der Waals surface area (Å²) in [7, 11) is 0. The molecule has 0 bridgehead atoms. The van der Waals surface area contributed by atoms with Crippen molar-refractivity contribution in [1.82, 2.24) is 15.0 Å². The van der Waals surface area contributed by atoms with Gasteiger partial charge in [-0.2, -0.15) is 0 Å². The smallest absolute Gasteiger partial charge is 0.164 e. The van der Waals surface area contributed by atoms with Crippen LogP contribution in [0.5, 0.6) is 0 Å². The molecule has 0 atom stereocenters. The summed E-state index contributed by atoms with van der Waals surface area (Å²) in [5.74, 6) is 2.01. The fraction of sp³-hybridized carbons (Fsp3) is 0.0455. The van der Waals surface area contributed by atoms with E-state index in [1.807, 2.05) is 85.8 Å². The van der Waals surface area contributed by atoms with Crippen LogP contribution >= 0.6 is 0 Å². The van der Waals surface area contributed by atoms with Crippen LogP contribution < -0.4 is 0 Å². The minimum Gasteiger partial charge on any atom is -0.209 e. The van der Waals surface area contributed by atoms with Gasteiger partial charge in [-0.05, 0) is 12.5 Å². The van der Waals surface area contributed by atoms with Crippen molar-refractivity contribution in [2.24, 2.45) is 0 Å². The van der Waals surface area contributed by atoms with Gasteiger partial charge in [0, 0.05) is 11.1 Å². The van der Waals surface area contributed by atoms with Crippen molar-refractivity contribution in [1.29, 1.82) is 0 Å². The van der Waals surface area contributed by atoms with Gasteiger partial charge in [0.25, 0.3) is 0 Å². The topological polar surface area (TPSA) is 38.7 Å². The second kappa shape index (κ2) is 7.97. The third-order valence-corrected chi connectivity index (χ3v) is 3.65. The number of hydrogen-bond donors (Lipinski definition) is 0. The fourth-order valence-electron chi connectivity index (χ4n) is 2.34. The number of rotatable bonds is 5. The first-order valence-electron chi connectivity index (χ1n) is 8.11. The van der Waals surface area contributed by atoms with Gasteiger partial charge in [-0.15, -0.1) is 0 Å². The first-order valence-corrected chi connectivity index (χ1v) is 8.11. The molecule has 0 radical (unpaired) electrons. The van der Waals surface area contributed by atoms with Crippen molar-refractivity contribution in [3.8, 4) is 22.8 Å². The highest BCUT2D eigenvalue weighted by Crippen LogP contribution is 2.22. The quantitative estimate of drug-likeness (QED) is 0.593. The minimum atomic E-state index is 0.668. The second-order valence-corrected chi connectivity index (χ2v) is 5.51. The Bertz CT molecular complexity index is 853. The molecule has 122 valence electrons. The van der Waals surface area contributed by atoms with Crippen LogP contribution in [0.2, 0.25) is 0 Å². The zero-order valence-corrected chi connectivity index (χ0v) is 14.1. The van der Waals surface area contributed by atoms with Crippen LogP contribution in [-0.2, 0) is 0 Å². The van der Waals surface area contributed by atoms with Gasteiger partial charge in [-0.3, -0.25) is 0 Å². The van der Waals surface area contributed by atoms with E-state index in [0.717, 1.165) is 16.7 Å². The molecule has 0 N–H and O–H groups in total. The Labute approximate surface area is 148 Å². The molecule has 3 heteroatoms. The van der Waals surface area contributed by atoms with Crippen molar-refractivity contribution < 1.29 is 0 Å². The zero-order chi connectivity index (χ0) is 17.5. The van der Waals surface area contributed by atoms with Crippen molar-refractivity contribution in [3.63, 3.8) is 0 Å². The van der Waals surface area contributed by atoms with E-state index in [-0.39, 0.29) is 0 Å². The number of allylic oxidation sites excluding steroid dienone is 5. The number of benzene rings is 2. The van der Waals surface area contributed by atoms with E-state index < -0.39 is 0 Å². The largest absolute Gasteiger partial charge is 0.209 e. The summed E-state index contributed by atoms with van der Waals surface area (Å²) in [5, 5.41) is 0. The molecule has 25 heavy (non-hydrogen) atoms. The molecule has 2 aromatic carbocycles. The van der Waals surface area contributed by atoms with E-state index in [2.05, 4.69) is 21.5 Å². The normalized spacial score (nSPS) is 11.6. The van der Waals surface area contributed by atoms with Gasteiger partial charge in [-0.1, -0.05) is 91.5 Å². The summed E-state index contributed by atoms with van der Waals surface area (Å²) in [6.07, 6.45) is 7.51. The zero-order valence-electron chi connectivity index (χ0n) is 14.1. The molecular weight excluding hydrogens is 306 g/mol. The van der Waals surface area contributed by atoms with E-state index in [0.29, 0.717) is 17.5 Å². The highest BCUT2D eigenvalue weighted by Gasteiger charge is 2.10. The molecule has 1 aromatic heterocycles. The Morgan fingerprint density at radius 1 is 0.760 bits per heavy atom. The van der Waals surface area contributed by atoms with Gasteiger partial charge in [0.15, 0.2) is 17.5 Å². The molecule has 3 nitrogen and oxygen atoms in total. The lowest BCUT2D eigenvalue weighted by Gasteiger charge is -2.08. The first kappa shape index (κ1) is 16.5. The maximum absolute atomic E-state index is 4.67. The summed E-state index contributed by atoms with van der Waals surface area (Å²) in [6, 6.07) is 19.9. The summed E-state index contributed by atoms with van der Waals surface area (Å²) in [5.41, 5.74) is 2.91. The van der Waals surface area contributed by atoms with Crippen LogP contribution in [0, 0.1) is 0 Å². The van der Waals surface area contributed by atoms with Crippen molar-refractivity contribution in [3.05, 3.63) is 97.4 Å². The van der Waals surface area contributed by atoms with Gasteiger partial charge in [-0.25, -0.2) is 15.0 Å². The molecule has 0 saturated heterocycles. The van der Waals surface area contributed by atoms with Crippen LogP contribution in [0.25, 0.3) is 28.3 Å². The average Bonchev–Trinajstić information content (AvgIpc) is 2.69. The lowest BCUT2D eigenvalue weighted by Crippen LogP contribution is -2.01. The summed E-state index contributed by atoms with van der Waals surface area (Å²) in [6.45, 7) is 5.67.